The summed E-state index contributed by atoms with van der Waals surface area (Å²) in [6.07, 6.45) is 0.635. The van der Waals surface area contributed by atoms with E-state index in [9.17, 15) is 9.18 Å². The monoisotopic (exact) mass is 463 g/mol. The standard InChI is InChI=1S/C25H32ClF2N3O/c1-5-31-20(13-24(2,3)4)25(14-29,18-10-9-16(26)12-19(18)28)21(22(31)23(30)32)15-7-6-8-17(27)11-15/h6-12,20-22H,5,13-14,29H2,1-4H3,(H2,30,32)/t20-,21-,22+,25-/m0/s1. The predicted octanol–water partition coefficient (Wildman–Crippen LogP) is 4.59. The molecule has 1 amide bonds. The molecule has 174 valence electrons. The SMILES string of the molecule is CCN1[C@@H](CC(C)(C)C)[C@](CN)(c2ccc(Cl)cc2F)[C@@H](c2cccc(F)c2)[C@@H]1C(N)=O. The average molecular weight is 464 g/mol. The molecule has 0 spiro atoms. The molecule has 7 heteroatoms. The first-order valence-electron chi connectivity index (χ1n) is 10.9. The Morgan fingerprint density at radius 3 is 2.38 bits per heavy atom. The van der Waals surface area contributed by atoms with Crippen molar-refractivity contribution < 1.29 is 13.6 Å². The number of amides is 1. The Morgan fingerprint density at radius 2 is 1.88 bits per heavy atom. The summed E-state index contributed by atoms with van der Waals surface area (Å²) in [7, 11) is 0. The molecule has 4 nitrogen and oxygen atoms in total. The zero-order valence-corrected chi connectivity index (χ0v) is 19.8. The number of carbonyl (C=O) groups excluding carboxylic acids is 1. The number of benzene rings is 2. The second kappa shape index (κ2) is 9.08. The fraction of sp³-hybridized carbons (Fsp3) is 0.480. The van der Waals surface area contributed by atoms with Gasteiger partial charge in [-0.15, -0.1) is 0 Å². The topological polar surface area (TPSA) is 72.3 Å². The minimum Gasteiger partial charge on any atom is -0.368 e. The van der Waals surface area contributed by atoms with E-state index in [1.807, 2.05) is 11.8 Å². The van der Waals surface area contributed by atoms with Gasteiger partial charge in [0.2, 0.25) is 5.91 Å². The van der Waals surface area contributed by atoms with Crippen molar-refractivity contribution in [3.8, 4) is 0 Å². The Balaban J connectivity index is 2.40. The van der Waals surface area contributed by atoms with Crippen LogP contribution in [0.5, 0.6) is 0 Å². The van der Waals surface area contributed by atoms with Crippen LogP contribution in [-0.2, 0) is 10.2 Å². The van der Waals surface area contributed by atoms with Crippen LogP contribution in [0.3, 0.4) is 0 Å². The summed E-state index contributed by atoms with van der Waals surface area (Å²) in [5.41, 5.74) is 12.2. The molecule has 1 aliphatic rings. The van der Waals surface area contributed by atoms with Crippen LogP contribution in [0, 0.1) is 17.0 Å². The molecule has 0 saturated carbocycles. The molecular weight excluding hydrogens is 432 g/mol. The summed E-state index contributed by atoms with van der Waals surface area (Å²) < 4.78 is 29.9. The van der Waals surface area contributed by atoms with Gasteiger partial charge in [-0.05, 0) is 53.8 Å². The van der Waals surface area contributed by atoms with Gasteiger partial charge in [-0.2, -0.15) is 0 Å². The Morgan fingerprint density at radius 1 is 1.19 bits per heavy atom. The minimum absolute atomic E-state index is 0.0494. The second-order valence-electron chi connectivity index (χ2n) is 9.86. The van der Waals surface area contributed by atoms with Crippen LogP contribution in [0.2, 0.25) is 5.02 Å². The Labute approximate surface area is 193 Å². The molecule has 1 heterocycles. The first-order valence-corrected chi connectivity index (χ1v) is 11.3. The van der Waals surface area contributed by atoms with Crippen molar-refractivity contribution in [3.05, 3.63) is 70.2 Å². The number of nitrogens with zero attached hydrogens (tertiary/aromatic N) is 1. The summed E-state index contributed by atoms with van der Waals surface area (Å²) in [6, 6.07) is 9.54. The fourth-order valence-corrected chi connectivity index (χ4v) is 5.72. The van der Waals surface area contributed by atoms with Gasteiger partial charge in [0.15, 0.2) is 0 Å². The van der Waals surface area contributed by atoms with Gasteiger partial charge in [0.05, 0.1) is 6.04 Å². The molecule has 0 bridgehead atoms. The highest BCUT2D eigenvalue weighted by atomic mass is 35.5. The van der Waals surface area contributed by atoms with Gasteiger partial charge < -0.3 is 11.5 Å². The van der Waals surface area contributed by atoms with Gasteiger partial charge in [-0.3, -0.25) is 9.69 Å². The van der Waals surface area contributed by atoms with Gasteiger partial charge >= 0.3 is 0 Å². The van der Waals surface area contributed by atoms with E-state index in [0.717, 1.165) is 0 Å². The van der Waals surface area contributed by atoms with E-state index in [1.165, 1.54) is 18.2 Å². The second-order valence-corrected chi connectivity index (χ2v) is 10.3. The lowest BCUT2D eigenvalue weighted by molar-refractivity contribution is -0.123. The van der Waals surface area contributed by atoms with Crippen LogP contribution in [0.4, 0.5) is 8.78 Å². The lowest BCUT2D eigenvalue weighted by atomic mass is 9.62. The number of halogens is 3. The van der Waals surface area contributed by atoms with E-state index in [0.29, 0.717) is 24.1 Å². The molecule has 3 rings (SSSR count). The third-order valence-corrected chi connectivity index (χ3v) is 6.90. The van der Waals surface area contributed by atoms with Crippen molar-refractivity contribution in [2.75, 3.05) is 13.1 Å². The van der Waals surface area contributed by atoms with Crippen LogP contribution in [0.15, 0.2) is 42.5 Å². The van der Waals surface area contributed by atoms with E-state index in [1.54, 1.807) is 24.3 Å². The lowest BCUT2D eigenvalue weighted by Gasteiger charge is -2.43. The number of nitrogens with two attached hydrogens (primary N) is 2. The summed E-state index contributed by atoms with van der Waals surface area (Å²) in [6.45, 7) is 8.78. The summed E-state index contributed by atoms with van der Waals surface area (Å²) >= 11 is 6.06. The van der Waals surface area contributed by atoms with E-state index >= 15 is 4.39 Å². The molecule has 1 fully saturated rings. The number of likely N-dealkylation sites (tertiary alicyclic amines) is 1. The van der Waals surface area contributed by atoms with Gasteiger partial charge in [0.1, 0.15) is 11.6 Å². The van der Waals surface area contributed by atoms with Crippen molar-refractivity contribution in [2.24, 2.45) is 16.9 Å². The van der Waals surface area contributed by atoms with Crippen molar-refractivity contribution in [2.45, 2.75) is 57.5 Å². The maximum Gasteiger partial charge on any atom is 0.235 e. The van der Waals surface area contributed by atoms with Crippen LogP contribution in [0.1, 0.15) is 51.2 Å². The summed E-state index contributed by atoms with van der Waals surface area (Å²) in [4.78, 5) is 14.9. The third-order valence-electron chi connectivity index (χ3n) is 6.66. The smallest absolute Gasteiger partial charge is 0.235 e. The van der Waals surface area contributed by atoms with Crippen molar-refractivity contribution in [1.29, 1.82) is 0 Å². The molecule has 4 N–H and O–H groups in total. The predicted molar refractivity (Wildman–Crippen MR) is 125 cm³/mol. The molecule has 0 unspecified atom stereocenters. The zero-order valence-electron chi connectivity index (χ0n) is 19.0. The molecule has 2 aromatic carbocycles. The molecule has 0 radical (unpaired) electrons. The molecule has 1 saturated heterocycles. The highest BCUT2D eigenvalue weighted by Gasteiger charge is 2.62. The molecule has 1 aliphatic heterocycles. The van der Waals surface area contributed by atoms with E-state index in [-0.39, 0.29) is 23.0 Å². The Hall–Kier alpha value is -2.02. The van der Waals surface area contributed by atoms with Gasteiger partial charge in [-0.25, -0.2) is 8.78 Å². The van der Waals surface area contributed by atoms with Gasteiger partial charge in [0.25, 0.3) is 0 Å². The molecule has 32 heavy (non-hydrogen) atoms. The van der Waals surface area contributed by atoms with Gasteiger partial charge in [-0.1, -0.05) is 57.5 Å². The maximum absolute atomic E-state index is 15.5. The maximum atomic E-state index is 15.5. The Bertz CT molecular complexity index is 993. The number of hydrogen-bond acceptors (Lipinski definition) is 3. The largest absolute Gasteiger partial charge is 0.368 e. The number of rotatable bonds is 6. The van der Waals surface area contributed by atoms with Crippen molar-refractivity contribution in [1.82, 2.24) is 4.90 Å². The van der Waals surface area contributed by atoms with Crippen LogP contribution in [0.25, 0.3) is 0 Å². The Kier molecular flexibility index (Phi) is 6.99. The molecule has 4 atom stereocenters. The quantitative estimate of drug-likeness (QED) is 0.658. The van der Waals surface area contributed by atoms with E-state index in [4.69, 9.17) is 23.1 Å². The van der Waals surface area contributed by atoms with Crippen LogP contribution >= 0.6 is 11.6 Å². The molecule has 2 aromatic rings. The molecule has 0 aromatic heterocycles. The zero-order chi connectivity index (χ0) is 23.8. The highest BCUT2D eigenvalue weighted by Crippen LogP contribution is 2.55. The van der Waals surface area contributed by atoms with E-state index < -0.39 is 34.9 Å². The van der Waals surface area contributed by atoms with Crippen molar-refractivity contribution in [3.63, 3.8) is 0 Å². The average Bonchev–Trinajstić information content (AvgIpc) is 2.96. The number of carbonyl (C=O) groups is 1. The van der Waals surface area contributed by atoms with Gasteiger partial charge in [0, 0.05) is 28.9 Å². The fourth-order valence-electron chi connectivity index (χ4n) is 5.56. The third kappa shape index (κ3) is 4.28. The van der Waals surface area contributed by atoms with Crippen LogP contribution < -0.4 is 11.5 Å². The highest BCUT2D eigenvalue weighted by molar-refractivity contribution is 6.30. The minimum atomic E-state index is -1.02. The number of primary amides is 1. The normalized spacial score (nSPS) is 26.4. The molecular formula is C25H32ClF2N3O. The lowest BCUT2D eigenvalue weighted by Crippen LogP contribution is -2.51. The molecule has 0 aliphatic carbocycles. The summed E-state index contributed by atoms with van der Waals surface area (Å²) in [5, 5.41) is 0.268. The number of hydrogen-bond donors (Lipinski definition) is 2. The van der Waals surface area contributed by atoms with Crippen LogP contribution in [-0.4, -0.2) is 36.0 Å². The first kappa shape index (κ1) is 24.6. The number of likely N-dealkylation sites (N-methyl/N-ethyl adjacent to an activating group) is 1. The van der Waals surface area contributed by atoms with E-state index in [2.05, 4.69) is 20.8 Å². The van der Waals surface area contributed by atoms with Crippen molar-refractivity contribution >= 4 is 17.5 Å². The summed E-state index contributed by atoms with van der Waals surface area (Å²) in [5.74, 6) is -2.10. The first-order chi connectivity index (χ1) is 15.0.